The maximum Gasteiger partial charge on any atom is 0.227 e. The van der Waals surface area contributed by atoms with Crippen LogP contribution in [0.1, 0.15) is 31.7 Å². The molecule has 0 heterocycles. The molecule has 2 rings (SSSR count). The van der Waals surface area contributed by atoms with Crippen LogP contribution >= 0.6 is 0 Å². The van der Waals surface area contributed by atoms with Crippen molar-refractivity contribution in [2.24, 2.45) is 22.7 Å². The summed E-state index contributed by atoms with van der Waals surface area (Å²) in [6.45, 7) is 2.05. The van der Waals surface area contributed by atoms with Gasteiger partial charge in [0.2, 0.25) is 5.91 Å². The highest BCUT2D eigenvalue weighted by atomic mass is 19.1. The molecule has 0 aromatic heterocycles. The van der Waals surface area contributed by atoms with E-state index in [1.54, 1.807) is 0 Å². The van der Waals surface area contributed by atoms with Crippen molar-refractivity contribution in [3.63, 3.8) is 0 Å². The predicted octanol–water partition coefficient (Wildman–Crippen LogP) is 2.29. The number of carbonyl (C=O) groups excluding carboxylic acids is 1. The van der Waals surface area contributed by atoms with Gasteiger partial charge < -0.3 is 16.3 Å². The minimum absolute atomic E-state index is 0.0415. The zero-order valence-corrected chi connectivity index (χ0v) is 11.3. The van der Waals surface area contributed by atoms with Gasteiger partial charge in [0, 0.05) is 11.5 Å². The molecule has 1 saturated carbocycles. The Morgan fingerprint density at radius 1 is 1.50 bits per heavy atom. The second-order valence-corrected chi connectivity index (χ2v) is 5.18. The lowest BCUT2D eigenvalue weighted by molar-refractivity contribution is -0.120. The van der Waals surface area contributed by atoms with E-state index in [4.69, 9.17) is 10.9 Å². The fourth-order valence-corrected chi connectivity index (χ4v) is 2.65. The van der Waals surface area contributed by atoms with Gasteiger partial charge in [-0.05, 0) is 37.0 Å². The summed E-state index contributed by atoms with van der Waals surface area (Å²) < 4.78 is 13.2. The van der Waals surface area contributed by atoms with Crippen LogP contribution in [-0.4, -0.2) is 17.0 Å². The Labute approximate surface area is 116 Å². The van der Waals surface area contributed by atoms with Crippen molar-refractivity contribution >= 4 is 17.4 Å². The molecule has 4 N–H and O–H groups in total. The number of nitrogens with zero attached hydrogens (tertiary/aromatic N) is 1. The van der Waals surface area contributed by atoms with E-state index < -0.39 is 5.82 Å². The highest BCUT2D eigenvalue weighted by Gasteiger charge is 2.30. The lowest BCUT2D eigenvalue weighted by Crippen LogP contribution is -2.26. The lowest BCUT2D eigenvalue weighted by Gasteiger charge is -2.16. The molecule has 0 saturated heterocycles. The van der Waals surface area contributed by atoms with Crippen LogP contribution in [0.15, 0.2) is 23.4 Å². The monoisotopic (exact) mass is 279 g/mol. The summed E-state index contributed by atoms with van der Waals surface area (Å²) in [5.41, 5.74) is 6.03. The fraction of sp³-hybridized carbons (Fsp3) is 0.429. The van der Waals surface area contributed by atoms with E-state index in [1.165, 1.54) is 12.1 Å². The number of benzene rings is 1. The highest BCUT2D eigenvalue weighted by molar-refractivity contribution is 6.05. The summed E-state index contributed by atoms with van der Waals surface area (Å²) in [4.78, 5) is 12.2. The van der Waals surface area contributed by atoms with Crippen LogP contribution in [0.5, 0.6) is 0 Å². The van der Waals surface area contributed by atoms with Gasteiger partial charge in [0.15, 0.2) is 5.84 Å². The first-order valence-corrected chi connectivity index (χ1v) is 6.61. The predicted molar refractivity (Wildman–Crippen MR) is 74.0 cm³/mol. The SMILES string of the molecule is CC1CCCC1C(=O)Nc1ccc(F)cc1/C(N)=N/O. The molecule has 1 aliphatic carbocycles. The van der Waals surface area contributed by atoms with Gasteiger partial charge in [0.25, 0.3) is 0 Å². The Morgan fingerprint density at radius 2 is 2.25 bits per heavy atom. The summed E-state index contributed by atoms with van der Waals surface area (Å²) in [6, 6.07) is 3.77. The Morgan fingerprint density at radius 3 is 2.85 bits per heavy atom. The maximum atomic E-state index is 13.2. The number of nitrogens with one attached hydrogen (secondary N) is 1. The summed E-state index contributed by atoms with van der Waals surface area (Å²) >= 11 is 0. The summed E-state index contributed by atoms with van der Waals surface area (Å²) in [5.74, 6) is -0.561. The van der Waals surface area contributed by atoms with Crippen molar-refractivity contribution in [1.82, 2.24) is 0 Å². The third-order valence-corrected chi connectivity index (χ3v) is 3.82. The van der Waals surface area contributed by atoms with Crippen molar-refractivity contribution in [2.75, 3.05) is 5.32 Å². The molecule has 0 aliphatic heterocycles. The van der Waals surface area contributed by atoms with Crippen molar-refractivity contribution in [3.05, 3.63) is 29.6 Å². The van der Waals surface area contributed by atoms with E-state index in [9.17, 15) is 9.18 Å². The number of hydrogen-bond acceptors (Lipinski definition) is 3. The molecular weight excluding hydrogens is 261 g/mol. The first kappa shape index (κ1) is 14.3. The third kappa shape index (κ3) is 2.89. The van der Waals surface area contributed by atoms with Crippen LogP contribution in [0.4, 0.5) is 10.1 Å². The van der Waals surface area contributed by atoms with Gasteiger partial charge in [-0.1, -0.05) is 18.5 Å². The van der Waals surface area contributed by atoms with Gasteiger partial charge in [-0.15, -0.1) is 0 Å². The lowest BCUT2D eigenvalue weighted by atomic mass is 9.97. The van der Waals surface area contributed by atoms with Crippen molar-refractivity contribution in [3.8, 4) is 0 Å². The number of anilines is 1. The molecule has 0 radical (unpaired) electrons. The van der Waals surface area contributed by atoms with Gasteiger partial charge in [-0.3, -0.25) is 4.79 Å². The molecule has 0 bridgehead atoms. The Hall–Kier alpha value is -2.11. The normalized spacial score (nSPS) is 22.8. The van der Waals surface area contributed by atoms with Gasteiger partial charge in [-0.2, -0.15) is 0 Å². The minimum atomic E-state index is -0.515. The average molecular weight is 279 g/mol. The number of halogens is 1. The molecule has 6 heteroatoms. The Balaban J connectivity index is 2.23. The number of hydrogen-bond donors (Lipinski definition) is 3. The molecule has 1 aromatic carbocycles. The van der Waals surface area contributed by atoms with E-state index in [0.29, 0.717) is 11.6 Å². The quantitative estimate of drug-likeness (QED) is 0.343. The van der Waals surface area contributed by atoms with Gasteiger partial charge in [0.05, 0.1) is 5.69 Å². The fourth-order valence-electron chi connectivity index (χ4n) is 2.65. The van der Waals surface area contributed by atoms with Gasteiger partial charge >= 0.3 is 0 Å². The average Bonchev–Trinajstić information content (AvgIpc) is 2.86. The van der Waals surface area contributed by atoms with Crippen molar-refractivity contribution in [1.29, 1.82) is 0 Å². The number of oxime groups is 1. The Kier molecular flexibility index (Phi) is 4.22. The van der Waals surface area contributed by atoms with Crippen LogP contribution in [0.2, 0.25) is 0 Å². The van der Waals surface area contributed by atoms with E-state index in [0.717, 1.165) is 25.3 Å². The van der Waals surface area contributed by atoms with Crippen molar-refractivity contribution in [2.45, 2.75) is 26.2 Å². The molecule has 1 fully saturated rings. The topological polar surface area (TPSA) is 87.7 Å². The number of carbonyl (C=O) groups is 1. The molecule has 20 heavy (non-hydrogen) atoms. The molecule has 2 atom stereocenters. The van der Waals surface area contributed by atoms with E-state index in [1.807, 2.05) is 6.92 Å². The number of nitrogens with two attached hydrogens (primary N) is 1. The highest BCUT2D eigenvalue weighted by Crippen LogP contribution is 2.32. The molecule has 2 unspecified atom stereocenters. The van der Waals surface area contributed by atoms with E-state index in [-0.39, 0.29) is 23.2 Å². The maximum absolute atomic E-state index is 13.2. The van der Waals surface area contributed by atoms with Gasteiger partial charge in [0.1, 0.15) is 5.82 Å². The van der Waals surface area contributed by atoms with E-state index >= 15 is 0 Å². The summed E-state index contributed by atoms with van der Waals surface area (Å²) in [5, 5.41) is 14.3. The smallest absolute Gasteiger partial charge is 0.227 e. The van der Waals surface area contributed by atoms with Gasteiger partial charge in [-0.25, -0.2) is 4.39 Å². The molecule has 1 aromatic rings. The van der Waals surface area contributed by atoms with Crippen molar-refractivity contribution < 1.29 is 14.4 Å². The second-order valence-electron chi connectivity index (χ2n) is 5.18. The Bertz CT molecular complexity index is 545. The number of amides is 1. The zero-order chi connectivity index (χ0) is 14.7. The summed E-state index contributed by atoms with van der Waals surface area (Å²) in [6.07, 6.45) is 2.93. The zero-order valence-electron chi connectivity index (χ0n) is 11.3. The molecule has 1 aliphatic rings. The van der Waals surface area contributed by atoms with Crippen LogP contribution in [-0.2, 0) is 4.79 Å². The molecular formula is C14H18FN3O2. The third-order valence-electron chi connectivity index (χ3n) is 3.82. The molecule has 0 spiro atoms. The molecule has 1 amide bonds. The van der Waals surface area contributed by atoms with Crippen LogP contribution < -0.4 is 11.1 Å². The first-order chi connectivity index (χ1) is 9.52. The summed E-state index contributed by atoms with van der Waals surface area (Å²) in [7, 11) is 0. The number of amidine groups is 1. The second kappa shape index (κ2) is 5.90. The standard InChI is InChI=1S/C14H18FN3O2/c1-8-3-2-4-10(8)14(19)17-12-6-5-9(15)7-11(12)13(16)18-20/h5-8,10,20H,2-4H2,1H3,(H2,16,18)(H,17,19). The van der Waals surface area contributed by atoms with Crippen LogP contribution in [0.3, 0.4) is 0 Å². The van der Waals surface area contributed by atoms with Crippen LogP contribution in [0.25, 0.3) is 0 Å². The minimum Gasteiger partial charge on any atom is -0.409 e. The molecule has 108 valence electrons. The molecule has 5 nitrogen and oxygen atoms in total. The van der Waals surface area contributed by atoms with E-state index in [2.05, 4.69) is 10.5 Å². The largest absolute Gasteiger partial charge is 0.409 e. The number of rotatable bonds is 3. The van der Waals surface area contributed by atoms with Crippen LogP contribution in [0, 0.1) is 17.7 Å². The first-order valence-electron chi connectivity index (χ1n) is 6.61.